The third kappa shape index (κ3) is 6.57. The van der Waals surface area contributed by atoms with Gasteiger partial charge in [0.25, 0.3) is 0 Å². The Kier molecular flexibility index (Phi) is 9.74. The maximum absolute atomic E-state index is 2.71. The molecule has 8 aromatic carbocycles. The third-order valence-corrected chi connectivity index (χ3v) is 19.6. The topological polar surface area (TPSA) is 6.48 Å². The highest BCUT2D eigenvalue weighted by Crippen LogP contribution is 2.63. The normalized spacial score (nSPS) is 25.2. The molecule has 2 aliphatic heterocycles. The summed E-state index contributed by atoms with van der Waals surface area (Å²) in [4.78, 5) is 5.41. The van der Waals surface area contributed by atoms with Crippen molar-refractivity contribution in [2.24, 2.45) is 22.7 Å². The summed E-state index contributed by atoms with van der Waals surface area (Å²) >= 11 is 0. The van der Waals surface area contributed by atoms with Gasteiger partial charge in [-0.15, -0.1) is 0 Å². The van der Waals surface area contributed by atoms with Crippen LogP contribution in [0.4, 0.5) is 22.7 Å². The SMILES string of the molecule is CC1(C)c2cc(-c3ccc4c(c3)C3CC(C(C)(C)C)CCC3(C)N4c3ccccc3)ccc2-c2c1c1ccc(-c3ccc4c(c3)C3CC(C(C)(C)C)CCC3(C)N4c3ccccc3)cc1c1ccccc21. The van der Waals surface area contributed by atoms with Crippen LogP contribution in [0, 0.1) is 22.7 Å². The Labute approximate surface area is 424 Å². The lowest BCUT2D eigenvalue weighted by Crippen LogP contribution is -2.48. The number of anilines is 4. The summed E-state index contributed by atoms with van der Waals surface area (Å²) in [6.45, 7) is 24.8. The van der Waals surface area contributed by atoms with E-state index in [4.69, 9.17) is 0 Å². The lowest BCUT2D eigenvalue weighted by Gasteiger charge is -2.49. The van der Waals surface area contributed by atoms with Crippen molar-refractivity contribution >= 4 is 44.3 Å². The van der Waals surface area contributed by atoms with Gasteiger partial charge in [-0.2, -0.15) is 0 Å². The number of fused-ring (bicyclic) bond motifs is 14. The zero-order chi connectivity index (χ0) is 49.0. The first-order valence-corrected chi connectivity index (χ1v) is 27.1. The van der Waals surface area contributed by atoms with Crippen LogP contribution in [0.1, 0.15) is 142 Å². The van der Waals surface area contributed by atoms with Crippen LogP contribution in [-0.2, 0) is 5.41 Å². The van der Waals surface area contributed by atoms with Gasteiger partial charge < -0.3 is 9.80 Å². The molecule has 0 amide bonds. The van der Waals surface area contributed by atoms with Gasteiger partial charge in [-0.1, -0.05) is 152 Å². The highest BCUT2D eigenvalue weighted by atomic mass is 15.2. The lowest BCUT2D eigenvalue weighted by atomic mass is 9.62. The van der Waals surface area contributed by atoms with Gasteiger partial charge in [-0.25, -0.2) is 0 Å². The molecule has 0 radical (unpaired) electrons. The fourth-order valence-corrected chi connectivity index (χ4v) is 15.5. The van der Waals surface area contributed by atoms with Crippen molar-refractivity contribution in [3.8, 4) is 33.4 Å². The predicted molar refractivity (Wildman–Crippen MR) is 303 cm³/mol. The molecule has 3 aliphatic carbocycles. The molecule has 0 spiro atoms. The van der Waals surface area contributed by atoms with E-state index in [-0.39, 0.29) is 27.3 Å². The van der Waals surface area contributed by atoms with Crippen LogP contribution >= 0.6 is 0 Å². The van der Waals surface area contributed by atoms with Gasteiger partial charge in [-0.05, 0) is 213 Å². The fourth-order valence-electron chi connectivity index (χ4n) is 15.5. The van der Waals surface area contributed by atoms with Crippen molar-refractivity contribution in [3.63, 3.8) is 0 Å². The Morgan fingerprint density at radius 3 is 1.41 bits per heavy atom. The molecule has 5 aliphatic rings. The zero-order valence-electron chi connectivity index (χ0n) is 44.0. The van der Waals surface area contributed by atoms with Gasteiger partial charge in [0.1, 0.15) is 0 Å². The van der Waals surface area contributed by atoms with Gasteiger partial charge >= 0.3 is 0 Å². The largest absolute Gasteiger partial charge is 0.335 e. The lowest BCUT2D eigenvalue weighted by molar-refractivity contribution is 0.127. The number of rotatable bonds is 4. The summed E-state index contributed by atoms with van der Waals surface area (Å²) < 4.78 is 0. The molecular formula is C69H72N2. The van der Waals surface area contributed by atoms with Crippen molar-refractivity contribution in [1.29, 1.82) is 0 Å². The summed E-state index contributed by atoms with van der Waals surface area (Å²) in [5, 5.41) is 5.42. The van der Waals surface area contributed by atoms with Crippen LogP contribution < -0.4 is 9.80 Å². The fraction of sp³-hybridized carbons (Fsp3) is 0.362. The Morgan fingerprint density at radius 1 is 0.437 bits per heavy atom. The van der Waals surface area contributed by atoms with E-state index in [0.29, 0.717) is 23.7 Å². The molecule has 6 atom stereocenters. The minimum absolute atomic E-state index is 0.0430. The second-order valence-electron chi connectivity index (χ2n) is 25.8. The first-order valence-electron chi connectivity index (χ1n) is 27.1. The quantitative estimate of drug-likeness (QED) is 0.162. The number of nitrogens with zero attached hydrogens (tertiary/aromatic N) is 2. The molecule has 358 valence electrons. The third-order valence-electron chi connectivity index (χ3n) is 19.6. The molecule has 0 aromatic heterocycles. The number of benzene rings is 8. The average molecular weight is 929 g/mol. The van der Waals surface area contributed by atoms with Crippen LogP contribution in [0.2, 0.25) is 0 Å². The van der Waals surface area contributed by atoms with E-state index in [1.807, 2.05) is 0 Å². The molecule has 2 heterocycles. The van der Waals surface area contributed by atoms with Gasteiger partial charge in [0.15, 0.2) is 0 Å². The van der Waals surface area contributed by atoms with Crippen molar-refractivity contribution in [2.75, 3.05) is 9.80 Å². The summed E-state index contributed by atoms with van der Waals surface area (Å²) in [5.41, 5.74) is 19.9. The molecule has 2 nitrogen and oxygen atoms in total. The first-order chi connectivity index (χ1) is 33.9. The Balaban J connectivity index is 0.904. The number of hydrogen-bond donors (Lipinski definition) is 0. The van der Waals surface area contributed by atoms with Gasteiger partial charge in [0, 0.05) is 51.1 Å². The van der Waals surface area contributed by atoms with Crippen molar-refractivity contribution in [3.05, 3.63) is 180 Å². The zero-order valence-corrected chi connectivity index (χ0v) is 44.0. The van der Waals surface area contributed by atoms with Crippen molar-refractivity contribution < 1.29 is 0 Å². The number of hydrogen-bond acceptors (Lipinski definition) is 2. The molecule has 0 saturated heterocycles. The number of para-hydroxylation sites is 2. The van der Waals surface area contributed by atoms with Crippen molar-refractivity contribution in [2.45, 2.75) is 136 Å². The predicted octanol–water partition coefficient (Wildman–Crippen LogP) is 19.3. The minimum Gasteiger partial charge on any atom is -0.335 e. The maximum atomic E-state index is 2.71. The monoisotopic (exact) mass is 929 g/mol. The average Bonchev–Trinajstić information content (AvgIpc) is 3.88. The Morgan fingerprint density at radius 2 is 0.887 bits per heavy atom. The van der Waals surface area contributed by atoms with E-state index in [1.165, 1.54) is 138 Å². The van der Waals surface area contributed by atoms with E-state index in [9.17, 15) is 0 Å². The van der Waals surface area contributed by atoms with E-state index in [2.05, 4.69) is 237 Å². The summed E-state index contributed by atoms with van der Waals surface area (Å²) in [6.07, 6.45) is 7.39. The van der Waals surface area contributed by atoms with Crippen LogP contribution in [0.25, 0.3) is 54.9 Å². The molecule has 2 saturated carbocycles. The van der Waals surface area contributed by atoms with Crippen molar-refractivity contribution in [1.82, 2.24) is 0 Å². The second-order valence-corrected chi connectivity index (χ2v) is 25.8. The van der Waals surface area contributed by atoms with Crippen LogP contribution in [0.3, 0.4) is 0 Å². The summed E-state index contributed by atoms with van der Waals surface area (Å²) in [7, 11) is 0. The Bertz CT molecular complexity index is 3440. The van der Waals surface area contributed by atoms with Gasteiger partial charge in [-0.3, -0.25) is 0 Å². The minimum atomic E-state index is -0.198. The van der Waals surface area contributed by atoms with Crippen LogP contribution in [-0.4, -0.2) is 11.1 Å². The molecule has 0 N–H and O–H groups in total. The molecule has 8 aromatic rings. The van der Waals surface area contributed by atoms with E-state index in [0.717, 1.165) is 0 Å². The molecule has 0 bridgehead atoms. The van der Waals surface area contributed by atoms with E-state index in [1.54, 1.807) is 0 Å². The van der Waals surface area contributed by atoms with Crippen LogP contribution in [0.15, 0.2) is 158 Å². The first kappa shape index (κ1) is 44.8. The van der Waals surface area contributed by atoms with Gasteiger partial charge in [0.05, 0.1) is 0 Å². The van der Waals surface area contributed by atoms with Gasteiger partial charge in [0.2, 0.25) is 0 Å². The van der Waals surface area contributed by atoms with E-state index < -0.39 is 0 Å². The second kappa shape index (κ2) is 15.4. The molecule has 2 fully saturated rings. The molecule has 6 unspecified atom stereocenters. The molecule has 2 heteroatoms. The Hall–Kier alpha value is -6.12. The highest BCUT2D eigenvalue weighted by Gasteiger charge is 2.54. The van der Waals surface area contributed by atoms with Crippen LogP contribution in [0.5, 0.6) is 0 Å². The smallest absolute Gasteiger partial charge is 0.0492 e. The molecule has 13 rings (SSSR count). The van der Waals surface area contributed by atoms with E-state index >= 15 is 0 Å². The summed E-state index contributed by atoms with van der Waals surface area (Å²) in [6, 6.07) is 61.4. The standard InChI is InChI=1S/C69H72N2/c1-65(2,3)47-33-35-68(9)59(41-47)56-38-44(27-31-61(56)70(68)49-19-13-11-14-20-49)43-25-29-53-55(37-43)51-23-17-18-24-52(51)63-54-30-26-46(40-58(54)67(7,8)64(53)63)45-28-32-62-57(39-45)60-42-48(66(4,5)6)34-36-69(60,10)71(62)50-21-15-12-16-22-50/h11-32,37-40,47-48,59-60H,33-36,41-42H2,1-10H3. The summed E-state index contributed by atoms with van der Waals surface area (Å²) in [5.74, 6) is 2.33. The molecule has 71 heavy (non-hydrogen) atoms. The highest BCUT2D eigenvalue weighted by molar-refractivity contribution is 6.19. The molecular weight excluding hydrogens is 857 g/mol. The maximum Gasteiger partial charge on any atom is 0.0492 e.